The first kappa shape index (κ1) is 21.9. The number of carbonyl (C=O) groups excluding carboxylic acids is 1. The summed E-state index contributed by atoms with van der Waals surface area (Å²) in [6, 6.07) is 16.3. The Morgan fingerprint density at radius 3 is 2.61 bits per heavy atom. The minimum atomic E-state index is -3.77. The summed E-state index contributed by atoms with van der Waals surface area (Å²) in [5, 5.41) is 8.45. The largest absolute Gasteiger partial charge is 0.367 e. The van der Waals surface area contributed by atoms with E-state index >= 15 is 0 Å². The highest BCUT2D eigenvalue weighted by Crippen LogP contribution is 2.38. The van der Waals surface area contributed by atoms with Gasteiger partial charge < -0.3 is 10.1 Å². The lowest BCUT2D eigenvalue weighted by Crippen LogP contribution is -2.45. The summed E-state index contributed by atoms with van der Waals surface area (Å²) in [7, 11) is -2.23. The molecule has 4 unspecified atom stereocenters. The Morgan fingerprint density at radius 2 is 1.90 bits per heavy atom. The number of hydrogen-bond acceptors (Lipinski definition) is 6. The molecule has 1 heterocycles. The second kappa shape index (κ2) is 9.05. The van der Waals surface area contributed by atoms with E-state index in [4.69, 9.17) is 9.88 Å². The fraction of sp³-hybridized carbons (Fsp3) is 0.409. The van der Waals surface area contributed by atoms with Crippen LogP contribution in [0.15, 0.2) is 59.5 Å². The summed E-state index contributed by atoms with van der Waals surface area (Å²) in [6.07, 6.45) is 1.88. The molecule has 5 atom stereocenters. The van der Waals surface area contributed by atoms with Gasteiger partial charge in [0.15, 0.2) is 6.10 Å². The molecule has 166 valence electrons. The van der Waals surface area contributed by atoms with E-state index in [2.05, 4.69) is 16.2 Å². The molecule has 4 rings (SSSR count). The first-order valence-electron chi connectivity index (χ1n) is 10.4. The summed E-state index contributed by atoms with van der Waals surface area (Å²) < 4.78 is 29.0. The van der Waals surface area contributed by atoms with E-state index in [1.54, 1.807) is 12.1 Å². The van der Waals surface area contributed by atoms with Gasteiger partial charge >= 0.3 is 0 Å². The van der Waals surface area contributed by atoms with Gasteiger partial charge in [0.2, 0.25) is 10.0 Å². The molecule has 1 saturated carbocycles. The highest BCUT2D eigenvalue weighted by atomic mass is 32.2. The quantitative estimate of drug-likeness (QED) is 0.536. The number of hydrogen-bond donors (Lipinski definition) is 4. The predicted octanol–water partition coefficient (Wildman–Crippen LogP) is 1.52. The molecule has 8 nitrogen and oxygen atoms in total. The number of amides is 1. The standard InChI is InChI=1S/C22H28N4O4S/c1-30-21(14-6-3-2-4-7-14)22(27)24-16-10-11-19-18(13-16)20(26-25-19)15-8-5-9-17(12-15)31(23,28)29/h2-9,12,16,18-21,25-26H,10-11,13H2,1H3,(H,24,27)(H2,23,28,29)/t16?,18?,19?,20?,21-/m1/s1. The number of nitrogens with two attached hydrogens (primary N) is 1. The lowest BCUT2D eigenvalue weighted by Gasteiger charge is -2.34. The number of ether oxygens (including phenoxy) is 1. The highest BCUT2D eigenvalue weighted by molar-refractivity contribution is 7.89. The molecule has 1 aliphatic carbocycles. The molecular formula is C22H28N4O4S. The molecule has 2 fully saturated rings. The molecule has 31 heavy (non-hydrogen) atoms. The zero-order valence-electron chi connectivity index (χ0n) is 17.3. The van der Waals surface area contributed by atoms with E-state index in [-0.39, 0.29) is 34.8 Å². The summed E-state index contributed by atoms with van der Waals surface area (Å²) in [4.78, 5) is 13.0. The molecule has 2 aromatic carbocycles. The maximum atomic E-state index is 12.9. The summed E-state index contributed by atoms with van der Waals surface area (Å²) >= 11 is 0. The van der Waals surface area contributed by atoms with Crippen molar-refractivity contribution in [3.63, 3.8) is 0 Å². The first-order valence-corrected chi connectivity index (χ1v) is 11.9. The molecule has 9 heteroatoms. The van der Waals surface area contributed by atoms with Crippen LogP contribution in [0.5, 0.6) is 0 Å². The summed E-state index contributed by atoms with van der Waals surface area (Å²) in [6.45, 7) is 0. The van der Waals surface area contributed by atoms with Crippen LogP contribution in [-0.2, 0) is 19.6 Å². The Bertz CT molecular complexity index is 1030. The Hall–Kier alpha value is -2.30. The number of benzene rings is 2. The average molecular weight is 445 g/mol. The number of nitrogens with one attached hydrogen (secondary N) is 3. The van der Waals surface area contributed by atoms with Gasteiger partial charge in [0.1, 0.15) is 0 Å². The number of sulfonamides is 1. The minimum absolute atomic E-state index is 0.0146. The number of methoxy groups -OCH3 is 1. The number of hydrazine groups is 1. The number of rotatable bonds is 6. The smallest absolute Gasteiger partial charge is 0.253 e. The molecule has 0 spiro atoms. The Morgan fingerprint density at radius 1 is 1.13 bits per heavy atom. The van der Waals surface area contributed by atoms with Crippen LogP contribution in [0.4, 0.5) is 0 Å². The van der Waals surface area contributed by atoms with E-state index in [9.17, 15) is 13.2 Å². The second-order valence-corrected chi connectivity index (χ2v) is 9.76. The lowest BCUT2D eigenvalue weighted by atomic mass is 9.77. The van der Waals surface area contributed by atoms with E-state index in [0.717, 1.165) is 30.4 Å². The van der Waals surface area contributed by atoms with E-state index in [1.165, 1.54) is 13.2 Å². The van der Waals surface area contributed by atoms with Crippen molar-refractivity contribution in [3.05, 3.63) is 65.7 Å². The predicted molar refractivity (Wildman–Crippen MR) is 116 cm³/mol. The Balaban J connectivity index is 1.47. The Labute approximate surface area is 182 Å². The number of carbonyl (C=O) groups is 1. The SMILES string of the molecule is CO[C@@H](C(=O)NC1CCC2NNC(c3cccc(S(N)(=O)=O)c3)C2C1)c1ccccc1. The monoisotopic (exact) mass is 444 g/mol. The van der Waals surface area contributed by atoms with Crippen LogP contribution < -0.4 is 21.3 Å². The Kier molecular flexibility index (Phi) is 6.40. The molecule has 5 N–H and O–H groups in total. The zero-order chi connectivity index (χ0) is 22.0. The van der Waals surface area contributed by atoms with Crippen molar-refractivity contribution >= 4 is 15.9 Å². The van der Waals surface area contributed by atoms with Gasteiger partial charge in [0, 0.05) is 19.2 Å². The first-order chi connectivity index (χ1) is 14.9. The maximum absolute atomic E-state index is 12.9. The van der Waals surface area contributed by atoms with Gasteiger partial charge in [-0.15, -0.1) is 0 Å². The molecule has 1 amide bonds. The van der Waals surface area contributed by atoms with Crippen LogP contribution in [0, 0.1) is 5.92 Å². The van der Waals surface area contributed by atoms with Crippen molar-refractivity contribution in [2.45, 2.75) is 48.4 Å². The second-order valence-electron chi connectivity index (χ2n) is 8.20. The van der Waals surface area contributed by atoms with Crippen LogP contribution >= 0.6 is 0 Å². The van der Waals surface area contributed by atoms with Gasteiger partial charge in [0.05, 0.1) is 10.9 Å². The molecule has 0 bridgehead atoms. The fourth-order valence-electron chi connectivity index (χ4n) is 4.70. The molecule has 1 saturated heterocycles. The third kappa shape index (κ3) is 4.81. The highest BCUT2D eigenvalue weighted by Gasteiger charge is 2.41. The molecule has 0 aromatic heterocycles. The van der Waals surface area contributed by atoms with Crippen molar-refractivity contribution in [1.82, 2.24) is 16.2 Å². The van der Waals surface area contributed by atoms with Crippen molar-refractivity contribution < 1.29 is 17.9 Å². The van der Waals surface area contributed by atoms with E-state index < -0.39 is 16.1 Å². The normalized spacial score (nSPS) is 26.8. The van der Waals surface area contributed by atoms with Gasteiger partial charge in [-0.25, -0.2) is 19.0 Å². The molecule has 2 aliphatic rings. The van der Waals surface area contributed by atoms with Crippen molar-refractivity contribution in [2.75, 3.05) is 7.11 Å². The van der Waals surface area contributed by atoms with Crippen molar-refractivity contribution in [3.8, 4) is 0 Å². The van der Waals surface area contributed by atoms with Gasteiger partial charge in [0.25, 0.3) is 5.91 Å². The molecule has 1 aliphatic heterocycles. The maximum Gasteiger partial charge on any atom is 0.253 e. The zero-order valence-corrected chi connectivity index (χ0v) is 18.1. The molecule has 0 radical (unpaired) electrons. The topological polar surface area (TPSA) is 123 Å². The van der Waals surface area contributed by atoms with Gasteiger partial charge in [-0.2, -0.15) is 0 Å². The van der Waals surface area contributed by atoms with Crippen LogP contribution in [0.1, 0.15) is 42.5 Å². The molecule has 2 aromatic rings. The third-order valence-corrected chi connectivity index (χ3v) is 7.13. The van der Waals surface area contributed by atoms with Crippen LogP contribution in [0.2, 0.25) is 0 Å². The molecular weight excluding hydrogens is 416 g/mol. The van der Waals surface area contributed by atoms with Crippen LogP contribution in [-0.4, -0.2) is 33.5 Å². The van der Waals surface area contributed by atoms with E-state index in [0.29, 0.717) is 0 Å². The van der Waals surface area contributed by atoms with Crippen LogP contribution in [0.25, 0.3) is 0 Å². The lowest BCUT2D eigenvalue weighted by molar-refractivity contribution is -0.132. The van der Waals surface area contributed by atoms with Crippen LogP contribution in [0.3, 0.4) is 0 Å². The van der Waals surface area contributed by atoms with Crippen molar-refractivity contribution in [2.24, 2.45) is 11.1 Å². The number of fused-ring (bicyclic) bond motifs is 1. The van der Waals surface area contributed by atoms with Gasteiger partial charge in [-0.1, -0.05) is 42.5 Å². The fourth-order valence-corrected chi connectivity index (χ4v) is 5.27. The minimum Gasteiger partial charge on any atom is -0.367 e. The summed E-state index contributed by atoms with van der Waals surface area (Å²) in [5.41, 5.74) is 8.31. The summed E-state index contributed by atoms with van der Waals surface area (Å²) in [5.74, 6) is 0.0522. The third-order valence-electron chi connectivity index (χ3n) is 6.22. The van der Waals surface area contributed by atoms with E-state index in [1.807, 2.05) is 36.4 Å². The van der Waals surface area contributed by atoms with Gasteiger partial charge in [-0.05, 0) is 48.4 Å². The average Bonchev–Trinajstić information content (AvgIpc) is 3.18. The van der Waals surface area contributed by atoms with Gasteiger partial charge in [-0.3, -0.25) is 10.2 Å². The van der Waals surface area contributed by atoms with Crippen molar-refractivity contribution in [1.29, 1.82) is 0 Å². The number of primary sulfonamides is 1.